The number of ether oxygens (including phenoxy) is 2. The quantitative estimate of drug-likeness (QED) is 0.0699. The third-order valence-corrected chi connectivity index (χ3v) is 6.71. The van der Waals surface area contributed by atoms with Crippen molar-refractivity contribution in [3.63, 3.8) is 0 Å². The zero-order valence-electron chi connectivity index (χ0n) is 23.1. The maximum Gasteiger partial charge on any atom is 0.449 e. The Balaban J connectivity index is 0.000000189. The maximum absolute atomic E-state index is 13.3. The fourth-order valence-electron chi connectivity index (χ4n) is 4.63. The van der Waals surface area contributed by atoms with Crippen LogP contribution in [0.3, 0.4) is 0 Å². The summed E-state index contributed by atoms with van der Waals surface area (Å²) in [5, 5.41) is 57.5. The molecular weight excluding hydrogens is 773 g/mol. The first kappa shape index (κ1) is 36.5. The number of hydrogen-bond acceptors (Lipinski definition) is 16. The Morgan fingerprint density at radius 3 is 1.68 bits per heavy atom. The molecule has 47 heavy (non-hydrogen) atoms. The molecule has 0 saturated carbocycles. The molecular formula is C22H25F6IN10O8. The van der Waals surface area contributed by atoms with Gasteiger partial charge in [-0.3, -0.25) is 9.13 Å². The van der Waals surface area contributed by atoms with Crippen LogP contribution in [0.2, 0.25) is 0 Å². The van der Waals surface area contributed by atoms with Gasteiger partial charge in [-0.2, -0.15) is 26.3 Å². The zero-order chi connectivity index (χ0) is 35.0. The number of imidazole rings is 2. The number of rotatable bonds is 4. The highest BCUT2D eigenvalue weighted by Gasteiger charge is 2.49. The molecule has 2 aliphatic rings. The Bertz CT molecular complexity index is 1670. The number of fused-ring (bicyclic) bond motifs is 2. The molecule has 2 fully saturated rings. The molecule has 0 aliphatic carbocycles. The van der Waals surface area contributed by atoms with Crippen molar-refractivity contribution in [2.45, 2.75) is 59.4 Å². The topological polar surface area (TPSA) is 279 Å². The van der Waals surface area contributed by atoms with Gasteiger partial charge in [-0.05, 0) is 0 Å². The predicted molar refractivity (Wildman–Crippen MR) is 151 cm³/mol. The van der Waals surface area contributed by atoms with E-state index in [2.05, 4.69) is 29.9 Å². The van der Waals surface area contributed by atoms with Crippen LogP contribution in [0.15, 0.2) is 19.0 Å². The Kier molecular flexibility index (Phi) is 10.9. The molecule has 6 heterocycles. The van der Waals surface area contributed by atoms with Gasteiger partial charge in [-0.25, -0.2) is 29.9 Å². The minimum atomic E-state index is -4.89. The van der Waals surface area contributed by atoms with Crippen LogP contribution >= 0.6 is 22.6 Å². The van der Waals surface area contributed by atoms with E-state index < -0.39 is 78.5 Å². The van der Waals surface area contributed by atoms with Crippen LogP contribution in [0, 0.1) is 0 Å². The van der Waals surface area contributed by atoms with Crippen LogP contribution in [-0.4, -0.2) is 124 Å². The molecule has 2 saturated heterocycles. The first-order chi connectivity index (χ1) is 21.9. The summed E-state index contributed by atoms with van der Waals surface area (Å²) in [6.45, 7) is -1.07. The third kappa shape index (κ3) is 7.72. The van der Waals surface area contributed by atoms with Gasteiger partial charge in [-0.1, -0.05) is 0 Å². The second-order valence-corrected chi connectivity index (χ2v) is 10.9. The second kappa shape index (κ2) is 14.0. The van der Waals surface area contributed by atoms with E-state index in [0.29, 0.717) is 38.3 Å². The summed E-state index contributed by atoms with van der Waals surface area (Å²) in [6.07, 6.45) is -11.5. The van der Waals surface area contributed by atoms with E-state index in [4.69, 9.17) is 31.2 Å². The lowest BCUT2D eigenvalue weighted by Gasteiger charge is -2.20. The number of hydrogen-bond donors (Lipinski definition) is 8. The lowest BCUT2D eigenvalue weighted by atomic mass is 10.1. The molecule has 0 bridgehead atoms. The van der Waals surface area contributed by atoms with Crippen LogP contribution in [-0.2, 0) is 15.7 Å². The molecule has 0 spiro atoms. The molecule has 260 valence electrons. The zero-order valence-corrected chi connectivity index (χ0v) is 25.3. The molecule has 4 aromatic heterocycles. The van der Waals surface area contributed by atoms with Gasteiger partial charge in [0.05, 0.1) is 19.5 Å². The molecule has 0 aromatic carbocycles. The van der Waals surface area contributed by atoms with Gasteiger partial charge in [0.1, 0.15) is 54.8 Å². The molecule has 8 atom stereocenters. The smallest absolute Gasteiger partial charge is 0.394 e. The van der Waals surface area contributed by atoms with E-state index >= 15 is 0 Å². The van der Waals surface area contributed by atoms with Crippen LogP contribution < -0.4 is 11.5 Å². The summed E-state index contributed by atoms with van der Waals surface area (Å²) < 4.78 is 79.2. The van der Waals surface area contributed by atoms with E-state index in [0.717, 1.165) is 6.33 Å². The number of anilines is 2. The Morgan fingerprint density at radius 2 is 1.19 bits per heavy atom. The summed E-state index contributed by atoms with van der Waals surface area (Å²) in [4.78, 5) is 22.6. The fraction of sp³-hybridized carbons (Fsp3) is 0.545. The van der Waals surface area contributed by atoms with Crippen molar-refractivity contribution in [2.75, 3.05) is 24.7 Å². The minimum absolute atomic E-state index is 0.218. The van der Waals surface area contributed by atoms with Crippen molar-refractivity contribution in [3.05, 3.63) is 24.8 Å². The monoisotopic (exact) mass is 798 g/mol. The highest BCUT2D eigenvalue weighted by molar-refractivity contribution is 14.1. The number of alkyl halides is 7. The average Bonchev–Trinajstić information content (AvgIpc) is 3.73. The molecule has 2 aliphatic heterocycles. The number of nitrogens with zero attached hydrogens (tertiary/aromatic N) is 8. The molecule has 4 aromatic rings. The van der Waals surface area contributed by atoms with E-state index in [1.807, 2.05) is 0 Å². The maximum atomic E-state index is 13.3. The van der Waals surface area contributed by atoms with Crippen LogP contribution in [0.25, 0.3) is 22.3 Å². The van der Waals surface area contributed by atoms with Gasteiger partial charge in [0, 0.05) is 22.6 Å². The number of nitrogen functional groups attached to an aromatic ring is 2. The van der Waals surface area contributed by atoms with Crippen LogP contribution in [0.4, 0.5) is 38.0 Å². The number of aliphatic hydroxyl groups excluding tert-OH is 6. The second-order valence-electron chi connectivity index (χ2n) is 9.70. The van der Waals surface area contributed by atoms with Crippen molar-refractivity contribution in [1.29, 1.82) is 0 Å². The molecule has 0 radical (unpaired) electrons. The van der Waals surface area contributed by atoms with Crippen molar-refractivity contribution >= 4 is 56.6 Å². The van der Waals surface area contributed by atoms with Gasteiger partial charge < -0.3 is 51.6 Å². The van der Waals surface area contributed by atoms with E-state index in [-0.39, 0.29) is 22.8 Å². The Labute approximate surface area is 270 Å². The van der Waals surface area contributed by atoms with Crippen molar-refractivity contribution in [3.8, 4) is 0 Å². The van der Waals surface area contributed by atoms with Crippen molar-refractivity contribution < 1.29 is 66.5 Å². The third-order valence-electron chi connectivity index (χ3n) is 6.71. The fourth-order valence-corrected chi connectivity index (χ4v) is 4.63. The Hall–Kier alpha value is -3.31. The lowest BCUT2D eigenvalue weighted by Crippen LogP contribution is -2.33. The highest BCUT2D eigenvalue weighted by atomic mass is 127. The molecule has 18 nitrogen and oxygen atoms in total. The van der Waals surface area contributed by atoms with E-state index in [1.54, 1.807) is 0 Å². The normalized spacial score (nSPS) is 27.9. The summed E-state index contributed by atoms with van der Waals surface area (Å²) >= 11 is 0.378. The highest BCUT2D eigenvalue weighted by Crippen LogP contribution is 2.39. The summed E-state index contributed by atoms with van der Waals surface area (Å²) in [6, 6.07) is 0. The van der Waals surface area contributed by atoms with E-state index in [9.17, 15) is 46.8 Å². The van der Waals surface area contributed by atoms with Crippen molar-refractivity contribution in [1.82, 2.24) is 39.0 Å². The number of nitrogens with two attached hydrogens (primary N) is 2. The molecule has 10 N–H and O–H groups in total. The SMILES string of the molecule is FC(F)(F)I.Nc1ncnc2c1nc(C(F)(F)F)n2[C@@H]1O[C@H](CO)[C@H](O)C1O.Nc1ncnc2c1ncn2[C@@H]1O[C@H](CO)[C@H](O)C1O. The van der Waals surface area contributed by atoms with Crippen LogP contribution in [0.5, 0.6) is 0 Å². The molecule has 6 rings (SSSR count). The average molecular weight is 798 g/mol. The standard InChI is InChI=1S/C11H12F3N5O4.C10H13N5O4.CF3I/c12-11(13,14)10-18-4-7(15)16-2-17-8(4)19(10)9-6(22)5(21)3(1-20)23-9;11-8-5-9(13-2-12-8)15(3-14-5)10-7(18)6(17)4(1-16)19-10;2-1(3,4)5/h2-3,5-6,9,20-22H,1H2,(H2,15,16,17);2-4,6-7,10,16-18H,1H2,(H2,11,12,13);/t3-,5+,6?,9-;4-,6+,7?,10-;/m11./s1. The Morgan fingerprint density at radius 1 is 0.723 bits per heavy atom. The molecule has 2 unspecified atom stereocenters. The van der Waals surface area contributed by atoms with Crippen molar-refractivity contribution in [2.24, 2.45) is 0 Å². The summed E-state index contributed by atoms with van der Waals surface area (Å²) in [5.41, 5.74) is 11.3. The first-order valence-electron chi connectivity index (χ1n) is 12.9. The molecule has 0 amide bonds. The van der Waals surface area contributed by atoms with E-state index in [1.165, 1.54) is 17.2 Å². The van der Waals surface area contributed by atoms with Gasteiger partial charge in [0.2, 0.25) is 5.82 Å². The lowest BCUT2D eigenvalue weighted by molar-refractivity contribution is -0.154. The van der Waals surface area contributed by atoms with Gasteiger partial charge >= 0.3 is 10.4 Å². The van der Waals surface area contributed by atoms with Gasteiger partial charge in [0.25, 0.3) is 0 Å². The number of aliphatic hydroxyl groups is 6. The predicted octanol–water partition coefficient (Wildman–Crippen LogP) is -1.00. The van der Waals surface area contributed by atoms with Crippen LogP contribution in [0.1, 0.15) is 18.3 Å². The van der Waals surface area contributed by atoms with Gasteiger partial charge in [0.15, 0.2) is 40.9 Å². The first-order valence-corrected chi connectivity index (χ1v) is 14.0. The molecule has 25 heteroatoms. The number of aromatic nitrogens is 8. The van der Waals surface area contributed by atoms with Gasteiger partial charge in [-0.15, -0.1) is 0 Å². The summed E-state index contributed by atoms with van der Waals surface area (Å²) in [7, 11) is 0. The summed E-state index contributed by atoms with van der Waals surface area (Å²) in [5.74, 6) is -1.46. The minimum Gasteiger partial charge on any atom is -0.394 e. The largest absolute Gasteiger partial charge is 0.449 e. The number of halogens is 7.